The number of aliphatic hydroxyl groups is 1. The molecule has 2 nitrogen and oxygen atoms in total. The van der Waals surface area contributed by atoms with E-state index in [1.807, 2.05) is 0 Å². The Morgan fingerprint density at radius 2 is 1.54 bits per heavy atom. The van der Waals surface area contributed by atoms with Gasteiger partial charge in [0.1, 0.15) is 0 Å². The second-order valence-corrected chi connectivity index (χ2v) is 23.3. The van der Waals surface area contributed by atoms with Gasteiger partial charge in [0.05, 0.1) is 12.7 Å². The fourth-order valence-corrected chi connectivity index (χ4v) is 12.2. The van der Waals surface area contributed by atoms with Crippen LogP contribution < -0.4 is 0 Å². The van der Waals surface area contributed by atoms with E-state index in [4.69, 9.17) is 4.43 Å². The number of fused-ring (bicyclic) bond motifs is 6. The first-order chi connectivity index (χ1) is 17.7. The van der Waals surface area contributed by atoms with Gasteiger partial charge in [0.25, 0.3) is 0 Å². The van der Waals surface area contributed by atoms with E-state index >= 15 is 0 Å². The SMILES string of the molecule is CC1(C)CC[C@]2(CO)CC[C@]3(C)C(=C2C1)C=C[C@@H]1[C@@]2(C)CC[C@H](O[Si](C)(C)C(C)(C)C)C(C)(C)[C@@H]2CC[C@]13C. The minimum atomic E-state index is -1.83. The quantitative estimate of drug-likeness (QED) is 0.352. The summed E-state index contributed by atoms with van der Waals surface area (Å²) in [6.45, 7) is 30.3. The molecule has 3 fully saturated rings. The number of hydrogen-bond acceptors (Lipinski definition) is 2. The van der Waals surface area contributed by atoms with E-state index < -0.39 is 8.32 Å². The van der Waals surface area contributed by atoms with Gasteiger partial charge in [-0.3, -0.25) is 0 Å². The van der Waals surface area contributed by atoms with Crippen molar-refractivity contribution < 1.29 is 9.53 Å². The van der Waals surface area contributed by atoms with Crippen molar-refractivity contribution in [1.82, 2.24) is 0 Å². The second-order valence-electron chi connectivity index (χ2n) is 18.6. The lowest BCUT2D eigenvalue weighted by Gasteiger charge is -2.70. The van der Waals surface area contributed by atoms with E-state index in [9.17, 15) is 5.11 Å². The van der Waals surface area contributed by atoms with Gasteiger partial charge >= 0.3 is 0 Å². The lowest BCUT2D eigenvalue weighted by atomic mass is 9.35. The van der Waals surface area contributed by atoms with E-state index in [1.165, 1.54) is 44.9 Å². The van der Waals surface area contributed by atoms with Gasteiger partial charge in [0.2, 0.25) is 0 Å². The van der Waals surface area contributed by atoms with Crippen molar-refractivity contribution >= 4 is 8.32 Å². The van der Waals surface area contributed by atoms with Gasteiger partial charge < -0.3 is 9.53 Å². The van der Waals surface area contributed by atoms with Gasteiger partial charge in [0.15, 0.2) is 8.32 Å². The van der Waals surface area contributed by atoms with Crippen LogP contribution in [0.4, 0.5) is 0 Å². The Morgan fingerprint density at radius 1 is 0.897 bits per heavy atom. The highest BCUT2D eigenvalue weighted by atomic mass is 28.4. The van der Waals surface area contributed by atoms with Crippen LogP contribution in [0.15, 0.2) is 23.3 Å². The van der Waals surface area contributed by atoms with Crippen molar-refractivity contribution in [3.63, 3.8) is 0 Å². The van der Waals surface area contributed by atoms with Gasteiger partial charge in [-0.05, 0) is 120 Å². The van der Waals surface area contributed by atoms with Crippen LogP contribution in [-0.2, 0) is 4.43 Å². The Labute approximate surface area is 243 Å². The molecule has 5 rings (SSSR count). The average Bonchev–Trinajstić information content (AvgIpc) is 2.80. The molecular weight excluding hydrogens is 492 g/mol. The highest BCUT2D eigenvalue weighted by Gasteiger charge is 2.67. The van der Waals surface area contributed by atoms with Gasteiger partial charge in [0, 0.05) is 5.41 Å². The van der Waals surface area contributed by atoms with Crippen molar-refractivity contribution in [3.05, 3.63) is 23.3 Å². The zero-order valence-corrected chi connectivity index (χ0v) is 28.8. The predicted molar refractivity (Wildman–Crippen MR) is 168 cm³/mol. The summed E-state index contributed by atoms with van der Waals surface area (Å²) in [5.41, 5.74) is 4.57. The van der Waals surface area contributed by atoms with Gasteiger partial charge in [-0.1, -0.05) is 87.0 Å². The van der Waals surface area contributed by atoms with Crippen molar-refractivity contribution in [1.29, 1.82) is 0 Å². The normalized spacial score (nSPS) is 45.2. The summed E-state index contributed by atoms with van der Waals surface area (Å²) in [7, 11) is -1.83. The molecule has 1 N–H and O–H groups in total. The molecular formula is C36H62O2Si. The first-order valence-corrected chi connectivity index (χ1v) is 19.3. The first kappa shape index (κ1) is 30.1. The Morgan fingerprint density at radius 3 is 2.15 bits per heavy atom. The molecule has 3 saturated carbocycles. The fourth-order valence-electron chi connectivity index (χ4n) is 10.7. The summed E-state index contributed by atoms with van der Waals surface area (Å²) in [6.07, 6.45) is 16.7. The van der Waals surface area contributed by atoms with Gasteiger partial charge in [-0.2, -0.15) is 0 Å². The van der Waals surface area contributed by atoms with E-state index in [1.54, 1.807) is 11.1 Å². The summed E-state index contributed by atoms with van der Waals surface area (Å²) >= 11 is 0. The van der Waals surface area contributed by atoms with E-state index in [0.717, 1.165) is 12.8 Å². The minimum absolute atomic E-state index is 0.0279. The molecule has 0 radical (unpaired) electrons. The van der Waals surface area contributed by atoms with Crippen LogP contribution in [0.1, 0.15) is 127 Å². The molecule has 0 heterocycles. The lowest BCUT2D eigenvalue weighted by molar-refractivity contribution is -0.179. The molecule has 0 aromatic carbocycles. The van der Waals surface area contributed by atoms with Crippen molar-refractivity contribution in [2.45, 2.75) is 151 Å². The van der Waals surface area contributed by atoms with Crippen LogP contribution in [0.25, 0.3) is 0 Å². The molecule has 5 aliphatic rings. The summed E-state index contributed by atoms with van der Waals surface area (Å²) in [4.78, 5) is 0. The Balaban J connectivity index is 1.54. The van der Waals surface area contributed by atoms with Crippen molar-refractivity contribution in [2.75, 3.05) is 6.61 Å². The second kappa shape index (κ2) is 8.82. The molecule has 222 valence electrons. The third kappa shape index (κ3) is 4.12. The number of hydrogen-bond donors (Lipinski definition) is 1. The van der Waals surface area contributed by atoms with Crippen LogP contribution >= 0.6 is 0 Å². The fraction of sp³-hybridized carbons (Fsp3) is 0.889. The largest absolute Gasteiger partial charge is 0.413 e. The zero-order chi connectivity index (χ0) is 29.1. The maximum absolute atomic E-state index is 10.8. The lowest BCUT2D eigenvalue weighted by Crippen LogP contribution is -2.64. The van der Waals surface area contributed by atoms with Gasteiger partial charge in [-0.25, -0.2) is 0 Å². The molecule has 0 amide bonds. The molecule has 0 unspecified atom stereocenters. The summed E-state index contributed by atoms with van der Waals surface area (Å²) in [6, 6.07) is 0. The molecule has 0 aromatic heterocycles. The molecule has 0 bridgehead atoms. The molecule has 0 spiro atoms. The van der Waals surface area contributed by atoms with Crippen molar-refractivity contribution in [2.24, 2.45) is 44.3 Å². The third-order valence-corrected chi connectivity index (χ3v) is 19.2. The van der Waals surface area contributed by atoms with Crippen LogP contribution in [0.2, 0.25) is 18.1 Å². The standard InChI is InChI=1S/C36H62O2Si/c1-30(2,3)39(11,12)38-29-16-17-33(8)27(32(29,6)7)15-18-35(10)28(33)14-13-25-26-23-31(4,5)19-21-36(26,24-37)22-20-34(25,35)9/h13-14,27-29,37H,15-24H2,1-12H3/t27-,28+,29-,33-,34+,35+,36+/m0/s1. The number of aliphatic hydroxyl groups excluding tert-OH is 1. The third-order valence-electron chi connectivity index (χ3n) is 14.7. The van der Waals surface area contributed by atoms with Crippen molar-refractivity contribution in [3.8, 4) is 0 Å². The van der Waals surface area contributed by atoms with E-state index in [2.05, 4.69) is 94.5 Å². The molecule has 0 aliphatic heterocycles. The van der Waals surface area contributed by atoms with Crippen LogP contribution in [0.3, 0.4) is 0 Å². The number of rotatable bonds is 3. The summed E-state index contributed by atoms with van der Waals surface area (Å²) in [5.74, 6) is 1.28. The smallest absolute Gasteiger partial charge is 0.192 e. The monoisotopic (exact) mass is 554 g/mol. The Bertz CT molecular complexity index is 1060. The first-order valence-electron chi connectivity index (χ1n) is 16.4. The topological polar surface area (TPSA) is 29.5 Å². The highest BCUT2D eigenvalue weighted by Crippen LogP contribution is 2.74. The molecule has 0 saturated heterocycles. The minimum Gasteiger partial charge on any atom is -0.413 e. The van der Waals surface area contributed by atoms with Crippen LogP contribution in [0.5, 0.6) is 0 Å². The summed E-state index contributed by atoms with van der Waals surface area (Å²) < 4.78 is 7.21. The van der Waals surface area contributed by atoms with E-state index in [0.29, 0.717) is 35.4 Å². The predicted octanol–water partition coefficient (Wildman–Crippen LogP) is 10.1. The zero-order valence-electron chi connectivity index (χ0n) is 27.8. The molecule has 3 heteroatoms. The molecule has 7 atom stereocenters. The molecule has 39 heavy (non-hydrogen) atoms. The average molecular weight is 555 g/mol. The van der Waals surface area contributed by atoms with Gasteiger partial charge in [-0.15, -0.1) is 0 Å². The number of allylic oxidation sites excluding steroid dienone is 3. The summed E-state index contributed by atoms with van der Waals surface area (Å²) in [5, 5.41) is 11.0. The Hall–Kier alpha value is -0.383. The molecule has 0 aromatic rings. The van der Waals surface area contributed by atoms with Crippen LogP contribution in [0, 0.1) is 44.3 Å². The Kier molecular flexibility index (Phi) is 6.80. The maximum Gasteiger partial charge on any atom is 0.192 e. The maximum atomic E-state index is 10.8. The van der Waals surface area contributed by atoms with Crippen LogP contribution in [-0.4, -0.2) is 26.1 Å². The highest BCUT2D eigenvalue weighted by molar-refractivity contribution is 6.74. The van der Waals surface area contributed by atoms with E-state index in [-0.39, 0.29) is 26.7 Å². The molecule has 5 aliphatic carbocycles.